The molecule has 1 amide bonds. The number of sulfonamides is 1. The van der Waals surface area contributed by atoms with Crippen LogP contribution in [0.3, 0.4) is 0 Å². The SMILES string of the molecule is Cc1cc(S(=O)(=O)N2CCN(C(=O)Cn3cnc4c(cnn4C)c3=O)CC2)c(C)s1. The molecule has 30 heavy (non-hydrogen) atoms. The van der Waals surface area contributed by atoms with Gasteiger partial charge in [0.2, 0.25) is 15.9 Å². The van der Waals surface area contributed by atoms with Crippen molar-refractivity contribution in [2.75, 3.05) is 26.2 Å². The number of rotatable bonds is 4. The van der Waals surface area contributed by atoms with E-state index in [1.807, 2.05) is 6.92 Å². The monoisotopic (exact) mass is 450 g/mol. The smallest absolute Gasteiger partial charge is 0.264 e. The lowest BCUT2D eigenvalue weighted by Crippen LogP contribution is -2.51. The normalized spacial score (nSPS) is 15.8. The molecule has 3 aromatic heterocycles. The summed E-state index contributed by atoms with van der Waals surface area (Å²) in [6.45, 7) is 4.53. The van der Waals surface area contributed by atoms with Gasteiger partial charge >= 0.3 is 0 Å². The summed E-state index contributed by atoms with van der Waals surface area (Å²) in [5.74, 6) is -0.248. The summed E-state index contributed by atoms with van der Waals surface area (Å²) in [6, 6.07) is 1.70. The molecule has 12 heteroatoms. The van der Waals surface area contributed by atoms with E-state index in [1.165, 1.54) is 37.4 Å². The Morgan fingerprint density at radius 1 is 1.20 bits per heavy atom. The number of aryl methyl sites for hydroxylation is 3. The Morgan fingerprint density at radius 3 is 2.53 bits per heavy atom. The zero-order valence-corrected chi connectivity index (χ0v) is 18.5. The fourth-order valence-corrected chi connectivity index (χ4v) is 6.55. The van der Waals surface area contributed by atoms with Crippen molar-refractivity contribution in [3.8, 4) is 0 Å². The van der Waals surface area contributed by atoms with E-state index in [2.05, 4.69) is 10.1 Å². The van der Waals surface area contributed by atoms with Crippen LogP contribution in [-0.4, -0.2) is 69.0 Å². The minimum atomic E-state index is -3.58. The van der Waals surface area contributed by atoms with Gasteiger partial charge in [-0.25, -0.2) is 13.4 Å². The Labute approximate surface area is 177 Å². The van der Waals surface area contributed by atoms with E-state index >= 15 is 0 Å². The van der Waals surface area contributed by atoms with Crippen LogP contribution in [0.2, 0.25) is 0 Å². The summed E-state index contributed by atoms with van der Waals surface area (Å²) in [5.41, 5.74) is 0.132. The van der Waals surface area contributed by atoms with Gasteiger partial charge in [-0.05, 0) is 19.9 Å². The highest BCUT2D eigenvalue weighted by Gasteiger charge is 2.32. The van der Waals surface area contributed by atoms with Crippen molar-refractivity contribution in [1.29, 1.82) is 0 Å². The zero-order valence-electron chi connectivity index (χ0n) is 16.9. The lowest BCUT2D eigenvalue weighted by Gasteiger charge is -2.34. The highest BCUT2D eigenvalue weighted by atomic mass is 32.2. The van der Waals surface area contributed by atoms with Gasteiger partial charge in [-0.3, -0.25) is 18.8 Å². The van der Waals surface area contributed by atoms with Crippen molar-refractivity contribution >= 4 is 38.3 Å². The number of piperazine rings is 1. The fourth-order valence-electron chi connectivity index (χ4n) is 3.61. The molecule has 1 aliphatic rings. The van der Waals surface area contributed by atoms with Crippen molar-refractivity contribution in [3.05, 3.63) is 38.7 Å². The summed E-state index contributed by atoms with van der Waals surface area (Å²) < 4.78 is 30.0. The van der Waals surface area contributed by atoms with Gasteiger partial charge in [-0.1, -0.05) is 0 Å². The van der Waals surface area contributed by atoms with Crippen LogP contribution in [0, 0.1) is 13.8 Å². The third-order valence-electron chi connectivity index (χ3n) is 5.23. The Balaban J connectivity index is 1.44. The lowest BCUT2D eigenvalue weighted by molar-refractivity contribution is -0.133. The molecule has 4 rings (SSSR count). The second-order valence-electron chi connectivity index (χ2n) is 7.25. The third-order valence-corrected chi connectivity index (χ3v) is 8.35. The Hall–Kier alpha value is -2.57. The second-order valence-corrected chi connectivity index (χ2v) is 10.6. The van der Waals surface area contributed by atoms with Crippen LogP contribution in [0.4, 0.5) is 0 Å². The number of carbonyl (C=O) groups is 1. The van der Waals surface area contributed by atoms with Crippen LogP contribution in [0.1, 0.15) is 9.75 Å². The van der Waals surface area contributed by atoms with E-state index < -0.39 is 10.0 Å². The number of hydrogen-bond acceptors (Lipinski definition) is 7. The van der Waals surface area contributed by atoms with Crippen molar-refractivity contribution in [3.63, 3.8) is 0 Å². The Morgan fingerprint density at radius 2 is 1.90 bits per heavy atom. The molecule has 1 saturated heterocycles. The largest absolute Gasteiger partial charge is 0.338 e. The molecule has 0 unspecified atom stereocenters. The average Bonchev–Trinajstić information content (AvgIpc) is 3.26. The molecule has 10 nitrogen and oxygen atoms in total. The Kier molecular flexibility index (Phi) is 5.24. The first-order valence-electron chi connectivity index (χ1n) is 9.40. The van der Waals surface area contributed by atoms with E-state index in [1.54, 1.807) is 24.9 Å². The fraction of sp³-hybridized carbons (Fsp3) is 0.444. The number of carbonyl (C=O) groups excluding carboxylic acids is 1. The molecule has 1 fully saturated rings. The molecule has 0 aliphatic carbocycles. The van der Waals surface area contributed by atoms with Gasteiger partial charge in [0.05, 0.1) is 11.1 Å². The minimum Gasteiger partial charge on any atom is -0.338 e. The summed E-state index contributed by atoms with van der Waals surface area (Å²) >= 11 is 1.46. The van der Waals surface area contributed by atoms with Gasteiger partial charge in [0.15, 0.2) is 5.65 Å². The summed E-state index contributed by atoms with van der Waals surface area (Å²) in [7, 11) is -1.89. The van der Waals surface area contributed by atoms with Gasteiger partial charge in [-0.15, -0.1) is 11.3 Å². The van der Waals surface area contributed by atoms with Crippen LogP contribution in [0.5, 0.6) is 0 Å². The van der Waals surface area contributed by atoms with E-state index in [-0.39, 0.29) is 44.2 Å². The summed E-state index contributed by atoms with van der Waals surface area (Å²) in [4.78, 5) is 33.1. The number of hydrogen-bond donors (Lipinski definition) is 0. The van der Waals surface area contributed by atoms with E-state index in [0.29, 0.717) is 15.9 Å². The quantitative estimate of drug-likeness (QED) is 0.567. The van der Waals surface area contributed by atoms with Crippen molar-refractivity contribution < 1.29 is 13.2 Å². The number of fused-ring (bicyclic) bond motifs is 1. The molecule has 0 radical (unpaired) electrons. The van der Waals surface area contributed by atoms with Gasteiger partial charge in [0, 0.05) is 43.0 Å². The molecule has 0 spiro atoms. The van der Waals surface area contributed by atoms with Crippen LogP contribution in [0.15, 0.2) is 28.3 Å². The molecule has 0 aromatic carbocycles. The van der Waals surface area contributed by atoms with Gasteiger partial charge < -0.3 is 4.90 Å². The first-order valence-corrected chi connectivity index (χ1v) is 11.7. The van der Waals surface area contributed by atoms with Crippen LogP contribution >= 0.6 is 11.3 Å². The highest BCUT2D eigenvalue weighted by molar-refractivity contribution is 7.89. The summed E-state index contributed by atoms with van der Waals surface area (Å²) in [5, 5.41) is 4.37. The molecule has 0 atom stereocenters. The molecule has 1 aliphatic heterocycles. The third kappa shape index (κ3) is 3.55. The molecule has 0 N–H and O–H groups in total. The Bertz CT molecular complexity index is 1280. The standard InChI is InChI=1S/C18H22N6O4S2/c1-12-8-15(13(2)29-12)30(27,28)24-6-4-22(5-7-24)16(25)10-23-11-19-17-14(18(23)26)9-20-21(17)3/h8-9,11H,4-7,10H2,1-3H3. The average molecular weight is 451 g/mol. The number of amides is 1. The highest BCUT2D eigenvalue weighted by Crippen LogP contribution is 2.28. The maximum atomic E-state index is 12.9. The van der Waals surface area contributed by atoms with Crippen LogP contribution in [-0.2, 0) is 28.4 Å². The molecular weight excluding hydrogens is 428 g/mol. The van der Waals surface area contributed by atoms with E-state index in [4.69, 9.17) is 0 Å². The minimum absolute atomic E-state index is 0.147. The van der Waals surface area contributed by atoms with Gasteiger partial charge in [0.25, 0.3) is 5.56 Å². The molecule has 160 valence electrons. The predicted octanol–water partition coefficient (Wildman–Crippen LogP) is 0.341. The maximum Gasteiger partial charge on any atom is 0.264 e. The number of thiophene rings is 1. The maximum absolute atomic E-state index is 12.9. The van der Waals surface area contributed by atoms with Crippen molar-refractivity contribution in [2.24, 2.45) is 7.05 Å². The van der Waals surface area contributed by atoms with Crippen LogP contribution in [0.25, 0.3) is 11.0 Å². The van der Waals surface area contributed by atoms with Crippen molar-refractivity contribution in [1.82, 2.24) is 28.5 Å². The van der Waals surface area contributed by atoms with Crippen LogP contribution < -0.4 is 5.56 Å². The molecule has 3 aromatic rings. The number of aromatic nitrogens is 4. The summed E-state index contributed by atoms with van der Waals surface area (Å²) in [6.07, 6.45) is 2.77. The van der Waals surface area contributed by atoms with Crippen molar-refractivity contribution in [2.45, 2.75) is 25.3 Å². The number of nitrogens with zero attached hydrogens (tertiary/aromatic N) is 6. The predicted molar refractivity (Wildman–Crippen MR) is 112 cm³/mol. The first kappa shape index (κ1) is 20.7. The van der Waals surface area contributed by atoms with E-state index in [9.17, 15) is 18.0 Å². The first-order chi connectivity index (χ1) is 14.2. The van der Waals surface area contributed by atoms with Gasteiger partial charge in [0.1, 0.15) is 18.3 Å². The second kappa shape index (κ2) is 7.60. The molecule has 0 bridgehead atoms. The van der Waals surface area contributed by atoms with Gasteiger partial charge in [-0.2, -0.15) is 9.40 Å². The molecule has 0 saturated carbocycles. The van der Waals surface area contributed by atoms with E-state index in [0.717, 1.165) is 9.75 Å². The molecule has 4 heterocycles. The zero-order chi connectivity index (χ0) is 21.6. The molecular formula is C18H22N6O4S2. The lowest BCUT2D eigenvalue weighted by atomic mass is 10.3. The topological polar surface area (TPSA) is 110 Å².